The number of hydrogen-bond acceptors (Lipinski definition) is 7. The lowest BCUT2D eigenvalue weighted by Gasteiger charge is -2.07. The van der Waals surface area contributed by atoms with Crippen LogP contribution in [-0.4, -0.2) is 38.5 Å². The molecule has 32 heavy (non-hydrogen) atoms. The summed E-state index contributed by atoms with van der Waals surface area (Å²) >= 11 is 7.44. The van der Waals surface area contributed by atoms with Gasteiger partial charge in [-0.3, -0.25) is 10.1 Å². The van der Waals surface area contributed by atoms with E-state index in [0.717, 1.165) is 5.56 Å². The minimum absolute atomic E-state index is 0.293. The van der Waals surface area contributed by atoms with E-state index >= 15 is 0 Å². The second-order valence-corrected chi connectivity index (χ2v) is 8.05. The van der Waals surface area contributed by atoms with Gasteiger partial charge in [-0.1, -0.05) is 41.1 Å². The van der Waals surface area contributed by atoms with Gasteiger partial charge in [-0.2, -0.15) is 5.10 Å². The molecule has 0 bridgehead atoms. The van der Waals surface area contributed by atoms with Crippen molar-refractivity contribution in [1.29, 1.82) is 0 Å². The maximum Gasteiger partial charge on any atom is 0.341 e. The molecule has 1 amide bonds. The summed E-state index contributed by atoms with van der Waals surface area (Å²) in [6, 6.07) is 14.2. The Kier molecular flexibility index (Phi) is 6.29. The Hall–Kier alpha value is -3.56. The van der Waals surface area contributed by atoms with E-state index in [2.05, 4.69) is 20.6 Å². The van der Waals surface area contributed by atoms with Crippen LogP contribution in [0.2, 0.25) is 5.02 Å². The average Bonchev–Trinajstić information content (AvgIpc) is 3.41. The van der Waals surface area contributed by atoms with Gasteiger partial charge in [0.15, 0.2) is 5.01 Å². The molecule has 0 unspecified atom stereocenters. The topological polar surface area (TPSA) is 99.0 Å². The molecule has 1 N–H and O–H groups in total. The zero-order valence-corrected chi connectivity index (χ0v) is 18.8. The number of ether oxygens (including phenoxy) is 1. The fraction of sp³-hybridized carbons (Fsp3) is 0.136. The number of nitrogens with one attached hydrogen (secondary N) is 1. The molecule has 10 heteroatoms. The van der Waals surface area contributed by atoms with Gasteiger partial charge in [0.1, 0.15) is 5.56 Å². The summed E-state index contributed by atoms with van der Waals surface area (Å²) in [5.74, 6) is -0.733. The van der Waals surface area contributed by atoms with Gasteiger partial charge in [-0.15, -0.1) is 10.2 Å². The Bertz CT molecular complexity index is 1280. The number of hydrogen-bond donors (Lipinski definition) is 1. The van der Waals surface area contributed by atoms with E-state index in [4.69, 9.17) is 16.3 Å². The molecule has 0 atom stereocenters. The number of amides is 1. The summed E-state index contributed by atoms with van der Waals surface area (Å²) in [5, 5.41) is 16.7. The standard InChI is InChI=1S/C22H18ClN5O3S/c1-3-31-21(30)17-12-24-28(13(17)2)15-10-8-14(9-11-15)19(29)25-22-27-26-20(32-22)16-6-4-5-7-18(16)23/h4-12H,3H2,1-2H3,(H,25,27,29). The van der Waals surface area contributed by atoms with Gasteiger partial charge < -0.3 is 4.74 Å². The number of aromatic nitrogens is 4. The summed E-state index contributed by atoms with van der Waals surface area (Å²) < 4.78 is 6.66. The van der Waals surface area contributed by atoms with Crippen LogP contribution in [0.4, 0.5) is 5.13 Å². The normalized spacial score (nSPS) is 10.7. The largest absolute Gasteiger partial charge is 0.462 e. The molecule has 0 aliphatic carbocycles. The van der Waals surface area contributed by atoms with Crippen molar-refractivity contribution >= 4 is 39.9 Å². The Morgan fingerprint density at radius 1 is 1.12 bits per heavy atom. The summed E-state index contributed by atoms with van der Waals surface area (Å²) in [6.07, 6.45) is 1.47. The lowest BCUT2D eigenvalue weighted by Crippen LogP contribution is -2.12. The number of carbonyl (C=O) groups excluding carboxylic acids is 2. The first kappa shape index (κ1) is 21.7. The summed E-state index contributed by atoms with van der Waals surface area (Å²) in [4.78, 5) is 24.6. The van der Waals surface area contributed by atoms with E-state index < -0.39 is 5.97 Å². The quantitative estimate of drug-likeness (QED) is 0.409. The van der Waals surface area contributed by atoms with Gasteiger partial charge in [0.05, 0.1) is 29.2 Å². The highest BCUT2D eigenvalue weighted by Gasteiger charge is 2.17. The predicted molar refractivity (Wildman–Crippen MR) is 123 cm³/mol. The predicted octanol–water partition coefficient (Wildman–Crippen LogP) is 4.78. The molecule has 0 aliphatic rings. The number of benzene rings is 2. The van der Waals surface area contributed by atoms with Crippen molar-refractivity contribution in [2.24, 2.45) is 0 Å². The second kappa shape index (κ2) is 9.29. The first-order valence-electron chi connectivity index (χ1n) is 9.70. The molecule has 2 heterocycles. The van der Waals surface area contributed by atoms with Crippen LogP contribution in [0.15, 0.2) is 54.7 Å². The number of nitrogens with zero attached hydrogens (tertiary/aromatic N) is 4. The number of anilines is 1. The summed E-state index contributed by atoms with van der Waals surface area (Å²) in [5.41, 5.74) is 2.97. The summed E-state index contributed by atoms with van der Waals surface area (Å²) in [7, 11) is 0. The average molecular weight is 468 g/mol. The van der Waals surface area contributed by atoms with Gasteiger partial charge >= 0.3 is 5.97 Å². The van der Waals surface area contributed by atoms with E-state index in [1.165, 1.54) is 17.5 Å². The van der Waals surface area contributed by atoms with Crippen LogP contribution in [0.1, 0.15) is 33.3 Å². The smallest absolute Gasteiger partial charge is 0.341 e. The molecule has 8 nitrogen and oxygen atoms in total. The van der Waals surface area contributed by atoms with Crippen molar-refractivity contribution in [3.63, 3.8) is 0 Å². The van der Waals surface area contributed by atoms with Crippen LogP contribution in [0.3, 0.4) is 0 Å². The molecular formula is C22H18ClN5O3S. The van der Waals surface area contributed by atoms with Crippen molar-refractivity contribution in [2.45, 2.75) is 13.8 Å². The number of esters is 1. The lowest BCUT2D eigenvalue weighted by atomic mass is 10.2. The monoisotopic (exact) mass is 467 g/mol. The third kappa shape index (κ3) is 4.39. The molecule has 4 aromatic rings. The fourth-order valence-electron chi connectivity index (χ4n) is 3.02. The molecule has 0 saturated heterocycles. The Morgan fingerprint density at radius 3 is 2.59 bits per heavy atom. The third-order valence-corrected chi connectivity index (χ3v) is 5.83. The van der Waals surface area contributed by atoms with E-state index in [-0.39, 0.29) is 5.91 Å². The van der Waals surface area contributed by atoms with E-state index in [0.29, 0.717) is 44.3 Å². The second-order valence-electron chi connectivity index (χ2n) is 6.67. The molecule has 162 valence electrons. The Labute approximate surface area is 192 Å². The van der Waals surface area contributed by atoms with Crippen LogP contribution in [-0.2, 0) is 4.74 Å². The third-order valence-electron chi connectivity index (χ3n) is 4.63. The van der Waals surface area contributed by atoms with E-state index in [1.54, 1.807) is 48.9 Å². The van der Waals surface area contributed by atoms with Crippen LogP contribution in [0.5, 0.6) is 0 Å². The molecule has 4 rings (SSSR count). The van der Waals surface area contributed by atoms with Crippen LogP contribution in [0.25, 0.3) is 16.3 Å². The highest BCUT2D eigenvalue weighted by atomic mass is 35.5. The van der Waals surface area contributed by atoms with E-state index in [9.17, 15) is 9.59 Å². The Morgan fingerprint density at radius 2 is 1.88 bits per heavy atom. The highest BCUT2D eigenvalue weighted by Crippen LogP contribution is 2.31. The van der Waals surface area contributed by atoms with Crippen LogP contribution >= 0.6 is 22.9 Å². The maximum atomic E-state index is 12.6. The summed E-state index contributed by atoms with van der Waals surface area (Å²) in [6.45, 7) is 3.83. The lowest BCUT2D eigenvalue weighted by molar-refractivity contribution is 0.0525. The minimum Gasteiger partial charge on any atom is -0.462 e. The molecule has 0 aliphatic heterocycles. The minimum atomic E-state index is -0.416. The number of carbonyl (C=O) groups is 2. The Balaban J connectivity index is 1.48. The molecule has 0 radical (unpaired) electrons. The van der Waals surface area contributed by atoms with Gasteiger partial charge in [-0.05, 0) is 44.2 Å². The highest BCUT2D eigenvalue weighted by molar-refractivity contribution is 7.18. The van der Waals surface area contributed by atoms with Crippen molar-refractivity contribution in [1.82, 2.24) is 20.0 Å². The van der Waals surface area contributed by atoms with Gasteiger partial charge in [-0.25, -0.2) is 9.48 Å². The first-order chi connectivity index (χ1) is 15.5. The molecule has 0 saturated carbocycles. The fourth-order valence-corrected chi connectivity index (χ4v) is 4.08. The molecule has 2 aromatic carbocycles. The van der Waals surface area contributed by atoms with Crippen molar-refractivity contribution < 1.29 is 14.3 Å². The van der Waals surface area contributed by atoms with Gasteiger partial charge in [0.2, 0.25) is 5.13 Å². The maximum absolute atomic E-state index is 12.6. The molecule has 0 fully saturated rings. The zero-order chi connectivity index (χ0) is 22.7. The molecular weight excluding hydrogens is 450 g/mol. The van der Waals surface area contributed by atoms with Crippen LogP contribution < -0.4 is 5.32 Å². The van der Waals surface area contributed by atoms with E-state index in [1.807, 2.05) is 18.2 Å². The van der Waals surface area contributed by atoms with Crippen molar-refractivity contribution in [2.75, 3.05) is 11.9 Å². The molecule has 0 spiro atoms. The SMILES string of the molecule is CCOC(=O)c1cnn(-c2ccc(C(=O)Nc3nnc(-c4ccccc4Cl)s3)cc2)c1C. The molecule has 2 aromatic heterocycles. The van der Waals surface area contributed by atoms with Crippen molar-refractivity contribution in [3.8, 4) is 16.3 Å². The van der Waals surface area contributed by atoms with Gasteiger partial charge in [0.25, 0.3) is 5.91 Å². The zero-order valence-electron chi connectivity index (χ0n) is 17.2. The van der Waals surface area contributed by atoms with Gasteiger partial charge in [0, 0.05) is 11.1 Å². The number of rotatable bonds is 6. The van der Waals surface area contributed by atoms with Crippen LogP contribution in [0, 0.1) is 6.92 Å². The van der Waals surface area contributed by atoms with Crippen molar-refractivity contribution in [3.05, 3.63) is 76.6 Å². The first-order valence-corrected chi connectivity index (χ1v) is 10.9. The number of halogens is 1.